The summed E-state index contributed by atoms with van der Waals surface area (Å²) in [5, 5.41) is 0. The molecule has 1 rings (SSSR count). The molecule has 0 unspecified atom stereocenters. The monoisotopic (exact) mass is 255 g/mol. The zero-order chi connectivity index (χ0) is 13.6. The SMILES string of the molecule is CCC(C)(C)C(=O)N1CCN(CCCCN)CC1. The fourth-order valence-corrected chi connectivity index (χ4v) is 2.23. The number of carbonyl (C=O) groups is 1. The minimum Gasteiger partial charge on any atom is -0.340 e. The Morgan fingerprint density at radius 2 is 1.78 bits per heavy atom. The maximum atomic E-state index is 12.3. The highest BCUT2D eigenvalue weighted by atomic mass is 16.2. The molecule has 106 valence electrons. The van der Waals surface area contributed by atoms with Crippen molar-refractivity contribution < 1.29 is 4.79 Å². The summed E-state index contributed by atoms with van der Waals surface area (Å²) >= 11 is 0. The van der Waals surface area contributed by atoms with Crippen LogP contribution in [0.25, 0.3) is 0 Å². The molecule has 0 aliphatic carbocycles. The molecule has 1 aliphatic rings. The molecule has 0 bridgehead atoms. The number of amides is 1. The average Bonchev–Trinajstić information content (AvgIpc) is 2.39. The van der Waals surface area contributed by atoms with Crippen LogP contribution in [0.15, 0.2) is 0 Å². The van der Waals surface area contributed by atoms with E-state index in [1.54, 1.807) is 0 Å². The Morgan fingerprint density at radius 3 is 2.28 bits per heavy atom. The zero-order valence-electron chi connectivity index (χ0n) is 12.2. The van der Waals surface area contributed by atoms with Crippen LogP contribution in [-0.2, 0) is 4.79 Å². The summed E-state index contributed by atoms with van der Waals surface area (Å²) in [6, 6.07) is 0. The number of nitrogens with two attached hydrogens (primary N) is 1. The molecular formula is C14H29N3O. The van der Waals surface area contributed by atoms with Gasteiger partial charge in [0.2, 0.25) is 5.91 Å². The quantitative estimate of drug-likeness (QED) is 0.728. The van der Waals surface area contributed by atoms with Gasteiger partial charge in [0.15, 0.2) is 0 Å². The van der Waals surface area contributed by atoms with Gasteiger partial charge in [-0.3, -0.25) is 9.69 Å². The maximum Gasteiger partial charge on any atom is 0.228 e. The summed E-state index contributed by atoms with van der Waals surface area (Å²) in [4.78, 5) is 16.8. The van der Waals surface area contributed by atoms with E-state index in [0.29, 0.717) is 5.91 Å². The Hall–Kier alpha value is -0.610. The first-order valence-corrected chi connectivity index (χ1v) is 7.23. The van der Waals surface area contributed by atoms with Crippen molar-refractivity contribution in [3.63, 3.8) is 0 Å². The second kappa shape index (κ2) is 7.10. The molecular weight excluding hydrogens is 226 g/mol. The van der Waals surface area contributed by atoms with Crippen molar-refractivity contribution in [2.75, 3.05) is 39.3 Å². The number of hydrogen-bond donors (Lipinski definition) is 1. The third-order valence-electron chi connectivity index (χ3n) is 4.05. The van der Waals surface area contributed by atoms with Gasteiger partial charge < -0.3 is 10.6 Å². The molecule has 0 spiro atoms. The first-order chi connectivity index (χ1) is 8.51. The molecule has 0 aromatic rings. The molecule has 18 heavy (non-hydrogen) atoms. The van der Waals surface area contributed by atoms with Crippen molar-refractivity contribution in [3.05, 3.63) is 0 Å². The van der Waals surface area contributed by atoms with Gasteiger partial charge in [0.1, 0.15) is 0 Å². The molecule has 4 heteroatoms. The van der Waals surface area contributed by atoms with E-state index in [9.17, 15) is 4.79 Å². The van der Waals surface area contributed by atoms with Crippen LogP contribution in [0.1, 0.15) is 40.0 Å². The van der Waals surface area contributed by atoms with Crippen LogP contribution in [0, 0.1) is 5.41 Å². The van der Waals surface area contributed by atoms with E-state index in [0.717, 1.165) is 52.1 Å². The van der Waals surface area contributed by atoms with Gasteiger partial charge in [-0.2, -0.15) is 0 Å². The first kappa shape index (κ1) is 15.4. The van der Waals surface area contributed by atoms with Gasteiger partial charge in [0.05, 0.1) is 0 Å². The van der Waals surface area contributed by atoms with Crippen LogP contribution in [-0.4, -0.2) is 55.0 Å². The Labute approximate surface area is 111 Å². The van der Waals surface area contributed by atoms with E-state index in [2.05, 4.69) is 11.8 Å². The van der Waals surface area contributed by atoms with Crippen molar-refractivity contribution in [2.24, 2.45) is 11.1 Å². The number of carbonyl (C=O) groups excluding carboxylic acids is 1. The molecule has 1 heterocycles. The molecule has 0 aromatic heterocycles. The van der Waals surface area contributed by atoms with Gasteiger partial charge in [-0.05, 0) is 32.4 Å². The Balaban J connectivity index is 2.33. The second-order valence-electron chi connectivity index (χ2n) is 5.87. The lowest BCUT2D eigenvalue weighted by molar-refractivity contribution is -0.142. The van der Waals surface area contributed by atoms with Crippen molar-refractivity contribution in [1.82, 2.24) is 9.80 Å². The van der Waals surface area contributed by atoms with Gasteiger partial charge in [0, 0.05) is 31.6 Å². The van der Waals surface area contributed by atoms with Crippen LogP contribution in [0.5, 0.6) is 0 Å². The summed E-state index contributed by atoms with van der Waals surface area (Å²) < 4.78 is 0. The van der Waals surface area contributed by atoms with Crippen LogP contribution in [0.3, 0.4) is 0 Å². The lowest BCUT2D eigenvalue weighted by Crippen LogP contribution is -2.52. The number of rotatable bonds is 6. The highest BCUT2D eigenvalue weighted by Crippen LogP contribution is 2.23. The summed E-state index contributed by atoms with van der Waals surface area (Å²) in [5.74, 6) is 0.312. The minimum absolute atomic E-state index is 0.207. The number of nitrogens with zero attached hydrogens (tertiary/aromatic N) is 2. The zero-order valence-corrected chi connectivity index (χ0v) is 12.2. The van der Waals surface area contributed by atoms with Crippen molar-refractivity contribution in [1.29, 1.82) is 0 Å². The van der Waals surface area contributed by atoms with Crippen LogP contribution < -0.4 is 5.73 Å². The van der Waals surface area contributed by atoms with Gasteiger partial charge in [-0.15, -0.1) is 0 Å². The third kappa shape index (κ3) is 4.25. The van der Waals surface area contributed by atoms with E-state index in [1.165, 1.54) is 6.42 Å². The summed E-state index contributed by atoms with van der Waals surface area (Å²) in [6.07, 6.45) is 3.18. The predicted molar refractivity (Wildman–Crippen MR) is 75.4 cm³/mol. The van der Waals surface area contributed by atoms with Crippen molar-refractivity contribution in [3.8, 4) is 0 Å². The molecule has 0 saturated carbocycles. The van der Waals surface area contributed by atoms with Gasteiger partial charge in [0.25, 0.3) is 0 Å². The largest absolute Gasteiger partial charge is 0.340 e. The molecule has 2 N–H and O–H groups in total. The number of hydrogen-bond acceptors (Lipinski definition) is 3. The lowest BCUT2D eigenvalue weighted by Gasteiger charge is -2.38. The van der Waals surface area contributed by atoms with Gasteiger partial charge >= 0.3 is 0 Å². The molecule has 1 amide bonds. The molecule has 1 fully saturated rings. The van der Waals surface area contributed by atoms with Crippen molar-refractivity contribution in [2.45, 2.75) is 40.0 Å². The molecule has 0 radical (unpaired) electrons. The van der Waals surface area contributed by atoms with Crippen LogP contribution in [0.4, 0.5) is 0 Å². The summed E-state index contributed by atoms with van der Waals surface area (Å²) in [6.45, 7) is 11.9. The smallest absolute Gasteiger partial charge is 0.228 e. The van der Waals surface area contributed by atoms with Gasteiger partial charge in [-0.25, -0.2) is 0 Å². The molecule has 4 nitrogen and oxygen atoms in total. The van der Waals surface area contributed by atoms with E-state index < -0.39 is 0 Å². The Bertz CT molecular complexity index is 258. The van der Waals surface area contributed by atoms with Crippen LogP contribution in [0.2, 0.25) is 0 Å². The fraction of sp³-hybridized carbons (Fsp3) is 0.929. The lowest BCUT2D eigenvalue weighted by atomic mass is 9.88. The normalized spacial score (nSPS) is 18.1. The van der Waals surface area contributed by atoms with E-state index >= 15 is 0 Å². The number of unbranched alkanes of at least 4 members (excludes halogenated alkanes) is 1. The first-order valence-electron chi connectivity index (χ1n) is 7.23. The van der Waals surface area contributed by atoms with E-state index in [1.807, 2.05) is 18.7 Å². The average molecular weight is 255 g/mol. The molecule has 0 aromatic carbocycles. The van der Waals surface area contributed by atoms with E-state index in [4.69, 9.17) is 5.73 Å². The Kier molecular flexibility index (Phi) is 6.09. The van der Waals surface area contributed by atoms with Crippen LogP contribution >= 0.6 is 0 Å². The second-order valence-corrected chi connectivity index (χ2v) is 5.87. The topological polar surface area (TPSA) is 49.6 Å². The molecule has 1 saturated heterocycles. The highest BCUT2D eigenvalue weighted by molar-refractivity contribution is 5.82. The minimum atomic E-state index is -0.207. The Morgan fingerprint density at radius 1 is 1.17 bits per heavy atom. The summed E-state index contributed by atoms with van der Waals surface area (Å²) in [5.41, 5.74) is 5.29. The third-order valence-corrected chi connectivity index (χ3v) is 4.05. The van der Waals surface area contributed by atoms with Crippen molar-refractivity contribution >= 4 is 5.91 Å². The van der Waals surface area contributed by atoms with E-state index in [-0.39, 0.29) is 5.41 Å². The molecule has 1 aliphatic heterocycles. The fourth-order valence-electron chi connectivity index (χ4n) is 2.23. The standard InChI is InChI=1S/C14H29N3O/c1-4-14(2,3)13(18)17-11-9-16(10-12-17)8-6-5-7-15/h4-12,15H2,1-3H3. The maximum absolute atomic E-state index is 12.3. The summed E-state index contributed by atoms with van der Waals surface area (Å²) in [7, 11) is 0. The number of piperazine rings is 1. The van der Waals surface area contributed by atoms with Gasteiger partial charge in [-0.1, -0.05) is 20.8 Å². The molecule has 0 atom stereocenters. The predicted octanol–water partition coefficient (Wildman–Crippen LogP) is 1.31. The highest BCUT2D eigenvalue weighted by Gasteiger charge is 2.31.